The van der Waals surface area contributed by atoms with E-state index < -0.39 is 0 Å². The average Bonchev–Trinajstić information content (AvgIpc) is 2.72. The molecule has 0 saturated carbocycles. The van der Waals surface area contributed by atoms with E-state index in [-0.39, 0.29) is 11.8 Å². The summed E-state index contributed by atoms with van der Waals surface area (Å²) in [6, 6.07) is 0. The molecule has 0 aromatic rings. The van der Waals surface area contributed by atoms with Crippen LogP contribution in [0.15, 0.2) is 17.1 Å². The fourth-order valence-corrected chi connectivity index (χ4v) is 2.38. The Hall–Kier alpha value is -0.770. The van der Waals surface area contributed by atoms with Crippen LogP contribution in [0.25, 0.3) is 0 Å². The van der Waals surface area contributed by atoms with Crippen LogP contribution in [-0.2, 0) is 4.79 Å². The molecule has 0 bridgehead atoms. The quantitative estimate of drug-likeness (QED) is 0.667. The first-order chi connectivity index (χ1) is 6.86. The van der Waals surface area contributed by atoms with E-state index in [9.17, 15) is 4.79 Å². The van der Waals surface area contributed by atoms with Gasteiger partial charge >= 0.3 is 0 Å². The van der Waals surface area contributed by atoms with Gasteiger partial charge in [-0.1, -0.05) is 23.9 Å². The molecule has 1 unspecified atom stereocenters. The Morgan fingerprint density at radius 1 is 1.57 bits per heavy atom. The van der Waals surface area contributed by atoms with Crippen molar-refractivity contribution in [3.63, 3.8) is 0 Å². The standard InChI is InChI=1S/C10H14N2OS/c13-9(8-4-2-1-3-5-8)12-10-11-6-7-14-10/h1-2,8H,3-7H2,(H,11,12,13). The van der Waals surface area contributed by atoms with Crippen LogP contribution < -0.4 is 5.32 Å². The molecule has 0 aromatic heterocycles. The minimum absolute atomic E-state index is 0.141. The van der Waals surface area contributed by atoms with E-state index in [0.717, 1.165) is 36.7 Å². The second-order valence-electron chi connectivity index (χ2n) is 3.51. The lowest BCUT2D eigenvalue weighted by Gasteiger charge is -2.16. The maximum Gasteiger partial charge on any atom is 0.229 e. The van der Waals surface area contributed by atoms with Crippen molar-refractivity contribution in [3.05, 3.63) is 12.2 Å². The Morgan fingerprint density at radius 3 is 3.14 bits per heavy atom. The smallest absolute Gasteiger partial charge is 0.229 e. The normalized spacial score (nSPS) is 26.0. The molecule has 1 atom stereocenters. The number of thioether (sulfide) groups is 1. The van der Waals surface area contributed by atoms with Crippen LogP contribution in [0.1, 0.15) is 19.3 Å². The maximum atomic E-state index is 11.7. The monoisotopic (exact) mass is 210 g/mol. The van der Waals surface area contributed by atoms with Crippen molar-refractivity contribution in [2.75, 3.05) is 12.3 Å². The summed E-state index contributed by atoms with van der Waals surface area (Å²) in [4.78, 5) is 15.9. The lowest BCUT2D eigenvalue weighted by Crippen LogP contribution is -2.33. The number of amidine groups is 1. The molecule has 1 aliphatic carbocycles. The molecule has 1 amide bonds. The number of allylic oxidation sites excluding steroid dienone is 2. The van der Waals surface area contributed by atoms with E-state index in [1.807, 2.05) is 0 Å². The van der Waals surface area contributed by atoms with Crippen molar-refractivity contribution < 1.29 is 4.79 Å². The number of amides is 1. The minimum atomic E-state index is 0.141. The number of nitrogens with one attached hydrogen (secondary N) is 1. The number of carbonyl (C=O) groups excluding carboxylic acids is 1. The van der Waals surface area contributed by atoms with Crippen LogP contribution in [0.3, 0.4) is 0 Å². The zero-order chi connectivity index (χ0) is 9.80. The van der Waals surface area contributed by atoms with Gasteiger partial charge in [-0.3, -0.25) is 9.79 Å². The van der Waals surface area contributed by atoms with E-state index in [1.54, 1.807) is 11.8 Å². The Morgan fingerprint density at radius 2 is 2.50 bits per heavy atom. The van der Waals surface area contributed by atoms with Gasteiger partial charge in [0.1, 0.15) is 0 Å². The SMILES string of the molecule is O=C(NC1=NCCS1)C1CC=CCC1. The summed E-state index contributed by atoms with van der Waals surface area (Å²) >= 11 is 1.63. The third-order valence-corrected chi connectivity index (χ3v) is 3.35. The number of nitrogens with zero attached hydrogens (tertiary/aromatic N) is 1. The van der Waals surface area contributed by atoms with E-state index in [2.05, 4.69) is 22.5 Å². The van der Waals surface area contributed by atoms with Crippen molar-refractivity contribution in [2.24, 2.45) is 10.9 Å². The van der Waals surface area contributed by atoms with Crippen molar-refractivity contribution in [3.8, 4) is 0 Å². The first kappa shape index (κ1) is 9.77. The molecule has 0 fully saturated rings. The summed E-state index contributed by atoms with van der Waals surface area (Å²) in [5, 5.41) is 3.70. The van der Waals surface area contributed by atoms with Gasteiger partial charge in [-0.15, -0.1) is 0 Å². The number of hydrogen-bond acceptors (Lipinski definition) is 3. The summed E-state index contributed by atoms with van der Waals surface area (Å²) in [5.41, 5.74) is 0. The van der Waals surface area contributed by atoms with Crippen LogP contribution in [0.5, 0.6) is 0 Å². The third-order valence-electron chi connectivity index (χ3n) is 2.46. The molecule has 14 heavy (non-hydrogen) atoms. The van der Waals surface area contributed by atoms with Gasteiger partial charge in [0, 0.05) is 11.7 Å². The molecule has 0 radical (unpaired) electrons. The van der Waals surface area contributed by atoms with Crippen LogP contribution in [0.4, 0.5) is 0 Å². The van der Waals surface area contributed by atoms with Gasteiger partial charge in [-0.2, -0.15) is 0 Å². The Bertz CT molecular complexity index is 286. The molecule has 0 spiro atoms. The fraction of sp³-hybridized carbons (Fsp3) is 0.600. The fourth-order valence-electron chi connectivity index (χ4n) is 1.65. The summed E-state index contributed by atoms with van der Waals surface area (Å²) in [7, 11) is 0. The summed E-state index contributed by atoms with van der Waals surface area (Å²) in [5.74, 6) is 1.30. The van der Waals surface area contributed by atoms with E-state index in [1.165, 1.54) is 0 Å². The van der Waals surface area contributed by atoms with Crippen molar-refractivity contribution in [1.29, 1.82) is 0 Å². The van der Waals surface area contributed by atoms with E-state index in [0.29, 0.717) is 0 Å². The molecule has 76 valence electrons. The Labute approximate surface area is 88.1 Å². The van der Waals surface area contributed by atoms with Crippen LogP contribution >= 0.6 is 11.8 Å². The second kappa shape index (κ2) is 4.64. The molecule has 0 saturated heterocycles. The van der Waals surface area contributed by atoms with Gasteiger partial charge in [0.15, 0.2) is 5.17 Å². The number of aliphatic imine (C=N–C) groups is 1. The lowest BCUT2D eigenvalue weighted by molar-refractivity contribution is -0.123. The van der Waals surface area contributed by atoms with E-state index in [4.69, 9.17) is 0 Å². The first-order valence-electron chi connectivity index (χ1n) is 4.99. The van der Waals surface area contributed by atoms with E-state index >= 15 is 0 Å². The molecule has 2 aliphatic rings. The Kier molecular flexibility index (Phi) is 3.24. The largest absolute Gasteiger partial charge is 0.305 e. The van der Waals surface area contributed by atoms with Gasteiger partial charge in [0.25, 0.3) is 0 Å². The predicted molar refractivity (Wildman–Crippen MR) is 59.4 cm³/mol. The highest BCUT2D eigenvalue weighted by Crippen LogP contribution is 2.19. The highest BCUT2D eigenvalue weighted by atomic mass is 32.2. The van der Waals surface area contributed by atoms with Crippen molar-refractivity contribution in [2.45, 2.75) is 19.3 Å². The number of hydrogen-bond donors (Lipinski definition) is 1. The average molecular weight is 210 g/mol. The molecule has 1 aliphatic heterocycles. The maximum absolute atomic E-state index is 11.7. The zero-order valence-electron chi connectivity index (χ0n) is 8.03. The van der Waals surface area contributed by atoms with Crippen LogP contribution in [0.2, 0.25) is 0 Å². The van der Waals surface area contributed by atoms with Gasteiger partial charge in [-0.05, 0) is 19.3 Å². The highest BCUT2D eigenvalue weighted by molar-refractivity contribution is 8.14. The van der Waals surface area contributed by atoms with Crippen LogP contribution in [0, 0.1) is 5.92 Å². The summed E-state index contributed by atoms with van der Waals surface area (Å²) in [6.07, 6.45) is 7.12. The summed E-state index contributed by atoms with van der Waals surface area (Å²) < 4.78 is 0. The molecular weight excluding hydrogens is 196 g/mol. The van der Waals surface area contributed by atoms with Gasteiger partial charge in [0.05, 0.1) is 6.54 Å². The topological polar surface area (TPSA) is 41.5 Å². The highest BCUT2D eigenvalue weighted by Gasteiger charge is 2.20. The summed E-state index contributed by atoms with van der Waals surface area (Å²) in [6.45, 7) is 0.838. The van der Waals surface area contributed by atoms with Gasteiger partial charge in [0.2, 0.25) is 5.91 Å². The molecular formula is C10H14N2OS. The van der Waals surface area contributed by atoms with Gasteiger partial charge in [-0.25, -0.2) is 0 Å². The predicted octanol–water partition coefficient (Wildman–Crippen LogP) is 1.56. The molecule has 0 aromatic carbocycles. The van der Waals surface area contributed by atoms with Gasteiger partial charge < -0.3 is 5.32 Å². The first-order valence-corrected chi connectivity index (χ1v) is 5.98. The molecule has 4 heteroatoms. The van der Waals surface area contributed by atoms with Crippen molar-refractivity contribution in [1.82, 2.24) is 5.32 Å². The lowest BCUT2D eigenvalue weighted by atomic mass is 9.94. The second-order valence-corrected chi connectivity index (χ2v) is 4.59. The number of carbonyl (C=O) groups is 1. The zero-order valence-corrected chi connectivity index (χ0v) is 8.85. The third kappa shape index (κ3) is 2.38. The van der Waals surface area contributed by atoms with Crippen molar-refractivity contribution >= 4 is 22.8 Å². The minimum Gasteiger partial charge on any atom is -0.305 e. The van der Waals surface area contributed by atoms with Crippen LogP contribution in [-0.4, -0.2) is 23.4 Å². The molecule has 2 rings (SSSR count). The molecule has 3 nitrogen and oxygen atoms in total. The Balaban J connectivity index is 1.85. The molecule has 1 heterocycles. The molecule has 1 N–H and O–H groups in total. The number of rotatable bonds is 1.